The molecule has 0 spiro atoms. The molecule has 1 aromatic rings. The molecule has 0 radical (unpaired) electrons. The van der Waals surface area contributed by atoms with Crippen LogP contribution in [0.5, 0.6) is 5.75 Å². The lowest BCUT2D eigenvalue weighted by molar-refractivity contribution is -0.156. The van der Waals surface area contributed by atoms with Gasteiger partial charge in [0.05, 0.1) is 13.7 Å². The van der Waals surface area contributed by atoms with Crippen molar-refractivity contribution in [3.63, 3.8) is 0 Å². The molecule has 116 valence electrons. The number of ether oxygens (including phenoxy) is 2. The Labute approximate surface area is 127 Å². The van der Waals surface area contributed by atoms with E-state index >= 15 is 0 Å². The van der Waals surface area contributed by atoms with Crippen LogP contribution in [0.15, 0.2) is 24.3 Å². The summed E-state index contributed by atoms with van der Waals surface area (Å²) in [6.45, 7) is 6.82. The largest absolute Gasteiger partial charge is 0.497 e. The van der Waals surface area contributed by atoms with Crippen molar-refractivity contribution in [2.75, 3.05) is 13.7 Å². The Balaban J connectivity index is 1.94. The summed E-state index contributed by atoms with van der Waals surface area (Å²) in [5.41, 5.74) is 0.762. The van der Waals surface area contributed by atoms with E-state index in [1.807, 2.05) is 45.0 Å². The van der Waals surface area contributed by atoms with Crippen molar-refractivity contribution in [3.8, 4) is 5.75 Å². The number of carbonyl (C=O) groups is 1. The first-order valence-corrected chi connectivity index (χ1v) is 7.46. The standard InChI is InChI=1S/C17H25NO3/c1-17(2,3)21-16(19)12-18(14-7-8-14)11-13-5-9-15(20-4)10-6-13/h5-6,9-10,14H,7-8,11-12H2,1-4H3. The van der Waals surface area contributed by atoms with Crippen LogP contribution < -0.4 is 4.74 Å². The minimum Gasteiger partial charge on any atom is -0.497 e. The van der Waals surface area contributed by atoms with E-state index in [2.05, 4.69) is 4.90 Å². The number of methoxy groups -OCH3 is 1. The van der Waals surface area contributed by atoms with E-state index in [-0.39, 0.29) is 5.97 Å². The molecule has 1 fully saturated rings. The van der Waals surface area contributed by atoms with Crippen LogP contribution in [0.2, 0.25) is 0 Å². The first-order chi connectivity index (χ1) is 9.87. The van der Waals surface area contributed by atoms with Crippen molar-refractivity contribution >= 4 is 5.97 Å². The summed E-state index contributed by atoms with van der Waals surface area (Å²) >= 11 is 0. The second-order valence-corrected chi connectivity index (χ2v) is 6.57. The summed E-state index contributed by atoms with van der Waals surface area (Å²) in [6, 6.07) is 8.51. The molecule has 1 saturated carbocycles. The lowest BCUT2D eigenvalue weighted by Gasteiger charge is -2.25. The zero-order valence-corrected chi connectivity index (χ0v) is 13.4. The third-order valence-corrected chi connectivity index (χ3v) is 3.36. The molecule has 4 heteroatoms. The molecular weight excluding hydrogens is 266 g/mol. The van der Waals surface area contributed by atoms with Crippen LogP contribution in [0.25, 0.3) is 0 Å². The normalized spacial score (nSPS) is 15.1. The summed E-state index contributed by atoms with van der Waals surface area (Å²) in [4.78, 5) is 14.2. The van der Waals surface area contributed by atoms with Crippen LogP contribution in [0, 0.1) is 0 Å². The van der Waals surface area contributed by atoms with Gasteiger partial charge < -0.3 is 9.47 Å². The van der Waals surface area contributed by atoms with E-state index in [0.717, 1.165) is 12.3 Å². The van der Waals surface area contributed by atoms with Gasteiger partial charge in [-0.05, 0) is 51.3 Å². The molecule has 0 N–H and O–H groups in total. The minimum atomic E-state index is -0.424. The van der Waals surface area contributed by atoms with Gasteiger partial charge in [0.2, 0.25) is 0 Å². The quantitative estimate of drug-likeness (QED) is 0.755. The maximum absolute atomic E-state index is 12.0. The van der Waals surface area contributed by atoms with Gasteiger partial charge in [0.25, 0.3) is 0 Å². The number of carbonyl (C=O) groups excluding carboxylic acids is 1. The summed E-state index contributed by atoms with van der Waals surface area (Å²) in [6.07, 6.45) is 2.33. The second-order valence-electron chi connectivity index (χ2n) is 6.57. The summed E-state index contributed by atoms with van der Waals surface area (Å²) < 4.78 is 10.6. The van der Waals surface area contributed by atoms with Crippen LogP contribution in [0.1, 0.15) is 39.2 Å². The molecule has 0 aliphatic heterocycles. The molecule has 2 rings (SSSR count). The highest BCUT2D eigenvalue weighted by atomic mass is 16.6. The first kappa shape index (κ1) is 15.8. The monoisotopic (exact) mass is 291 g/mol. The smallest absolute Gasteiger partial charge is 0.320 e. The van der Waals surface area contributed by atoms with Crippen molar-refractivity contribution in [1.29, 1.82) is 0 Å². The molecule has 4 nitrogen and oxygen atoms in total. The molecule has 0 saturated heterocycles. The second kappa shape index (κ2) is 6.48. The van der Waals surface area contributed by atoms with Gasteiger partial charge in [-0.3, -0.25) is 9.69 Å². The van der Waals surface area contributed by atoms with Crippen LogP contribution in [-0.4, -0.2) is 36.2 Å². The van der Waals surface area contributed by atoms with Crippen molar-refractivity contribution in [1.82, 2.24) is 4.90 Å². The number of hydrogen-bond acceptors (Lipinski definition) is 4. The fourth-order valence-electron chi connectivity index (χ4n) is 2.26. The zero-order chi connectivity index (χ0) is 15.5. The van der Waals surface area contributed by atoms with Crippen LogP contribution in [0.3, 0.4) is 0 Å². The van der Waals surface area contributed by atoms with Gasteiger partial charge in [-0.2, -0.15) is 0 Å². The maximum Gasteiger partial charge on any atom is 0.320 e. The molecule has 0 unspecified atom stereocenters. The first-order valence-electron chi connectivity index (χ1n) is 7.46. The van der Waals surface area contributed by atoms with Crippen molar-refractivity contribution in [2.24, 2.45) is 0 Å². The van der Waals surface area contributed by atoms with Crippen LogP contribution in [-0.2, 0) is 16.1 Å². The lowest BCUT2D eigenvalue weighted by atomic mass is 10.2. The average molecular weight is 291 g/mol. The Morgan fingerprint density at radius 3 is 2.33 bits per heavy atom. The van der Waals surface area contributed by atoms with Gasteiger partial charge in [0, 0.05) is 12.6 Å². The van der Waals surface area contributed by atoms with E-state index in [4.69, 9.17) is 9.47 Å². The van der Waals surface area contributed by atoms with E-state index in [1.165, 1.54) is 18.4 Å². The van der Waals surface area contributed by atoms with Gasteiger partial charge in [-0.1, -0.05) is 12.1 Å². The van der Waals surface area contributed by atoms with E-state index < -0.39 is 5.60 Å². The zero-order valence-electron chi connectivity index (χ0n) is 13.4. The molecular formula is C17H25NO3. The van der Waals surface area contributed by atoms with Gasteiger partial charge in [0.1, 0.15) is 11.4 Å². The summed E-state index contributed by atoms with van der Waals surface area (Å²) in [5, 5.41) is 0. The number of rotatable bonds is 6. The van der Waals surface area contributed by atoms with Crippen LogP contribution in [0.4, 0.5) is 0 Å². The van der Waals surface area contributed by atoms with E-state index in [9.17, 15) is 4.79 Å². The minimum absolute atomic E-state index is 0.150. The van der Waals surface area contributed by atoms with E-state index in [1.54, 1.807) is 7.11 Å². The predicted octanol–water partition coefficient (Wildman–Crippen LogP) is 3.00. The Kier molecular flexibility index (Phi) is 4.88. The highest BCUT2D eigenvalue weighted by Crippen LogP contribution is 2.28. The topological polar surface area (TPSA) is 38.8 Å². The Morgan fingerprint density at radius 2 is 1.86 bits per heavy atom. The van der Waals surface area contributed by atoms with Crippen molar-refractivity contribution < 1.29 is 14.3 Å². The summed E-state index contributed by atoms with van der Waals surface area (Å²) in [7, 11) is 1.66. The van der Waals surface area contributed by atoms with Gasteiger partial charge in [-0.15, -0.1) is 0 Å². The average Bonchev–Trinajstić information content (AvgIpc) is 3.21. The van der Waals surface area contributed by atoms with E-state index in [0.29, 0.717) is 12.6 Å². The van der Waals surface area contributed by atoms with Crippen molar-refractivity contribution in [2.45, 2.75) is 51.8 Å². The molecule has 1 aromatic carbocycles. The molecule has 0 aromatic heterocycles. The lowest BCUT2D eigenvalue weighted by Crippen LogP contribution is -2.35. The van der Waals surface area contributed by atoms with Gasteiger partial charge >= 0.3 is 5.97 Å². The molecule has 0 heterocycles. The number of benzene rings is 1. The molecule has 0 amide bonds. The fourth-order valence-corrected chi connectivity index (χ4v) is 2.26. The summed E-state index contributed by atoms with van der Waals surface area (Å²) in [5.74, 6) is 0.701. The molecule has 0 atom stereocenters. The molecule has 0 bridgehead atoms. The number of nitrogens with zero attached hydrogens (tertiary/aromatic N) is 1. The molecule has 1 aliphatic rings. The highest BCUT2D eigenvalue weighted by Gasteiger charge is 2.31. The van der Waals surface area contributed by atoms with Crippen LogP contribution >= 0.6 is 0 Å². The number of hydrogen-bond donors (Lipinski definition) is 0. The Morgan fingerprint density at radius 1 is 1.24 bits per heavy atom. The molecule has 21 heavy (non-hydrogen) atoms. The SMILES string of the molecule is COc1ccc(CN(CC(=O)OC(C)(C)C)C2CC2)cc1. The highest BCUT2D eigenvalue weighted by molar-refractivity contribution is 5.72. The van der Waals surface area contributed by atoms with Crippen molar-refractivity contribution in [3.05, 3.63) is 29.8 Å². The fraction of sp³-hybridized carbons (Fsp3) is 0.588. The maximum atomic E-state index is 12.0. The van der Waals surface area contributed by atoms with Gasteiger partial charge in [0.15, 0.2) is 0 Å². The Bertz CT molecular complexity index is 472. The molecule has 1 aliphatic carbocycles. The predicted molar refractivity (Wildman–Crippen MR) is 82.3 cm³/mol. The van der Waals surface area contributed by atoms with Gasteiger partial charge in [-0.25, -0.2) is 0 Å². The third kappa shape index (κ3) is 5.38. The number of esters is 1. The third-order valence-electron chi connectivity index (χ3n) is 3.36. The Hall–Kier alpha value is -1.55.